The number of ether oxygens (including phenoxy) is 2. The zero-order valence-corrected chi connectivity index (χ0v) is 35.4. The number of hydrogen-bond acceptors (Lipinski definition) is 11. The molecule has 312 valence electrons. The van der Waals surface area contributed by atoms with E-state index in [1.165, 1.54) is 0 Å². The van der Waals surface area contributed by atoms with Crippen LogP contribution >= 0.6 is 0 Å². The van der Waals surface area contributed by atoms with Gasteiger partial charge in [-0.3, -0.25) is 4.79 Å². The lowest BCUT2D eigenvalue weighted by atomic mass is 10.0. The number of guanidine groups is 1. The first-order valence-corrected chi connectivity index (χ1v) is 20.8. The van der Waals surface area contributed by atoms with E-state index >= 15 is 0 Å². The molecule has 1 amide bonds. The van der Waals surface area contributed by atoms with Crippen LogP contribution in [0.15, 0.2) is 77.8 Å². The zero-order valence-electron chi connectivity index (χ0n) is 35.4. The zero-order chi connectivity index (χ0) is 41.4. The Morgan fingerprint density at radius 2 is 1.33 bits per heavy atom. The molecule has 12 heteroatoms. The molecule has 0 fully saturated rings. The molecule has 0 radical (unpaired) electrons. The summed E-state index contributed by atoms with van der Waals surface area (Å²) in [5.74, 6) is 0.904. The van der Waals surface area contributed by atoms with E-state index in [4.69, 9.17) is 14.5 Å². The van der Waals surface area contributed by atoms with Gasteiger partial charge < -0.3 is 40.7 Å². The van der Waals surface area contributed by atoms with Crippen LogP contribution in [0.25, 0.3) is 0 Å². The van der Waals surface area contributed by atoms with E-state index < -0.39 is 18.9 Å². The van der Waals surface area contributed by atoms with Crippen molar-refractivity contribution in [2.24, 2.45) is 16.8 Å². The Bertz CT molecular complexity index is 1690. The summed E-state index contributed by atoms with van der Waals surface area (Å²) in [5, 5.41) is 27.7. The number of rotatable bonds is 21. The van der Waals surface area contributed by atoms with Crippen LogP contribution in [0.3, 0.4) is 0 Å². The molecule has 57 heavy (non-hydrogen) atoms. The van der Waals surface area contributed by atoms with Crippen molar-refractivity contribution in [3.63, 3.8) is 0 Å². The van der Waals surface area contributed by atoms with Gasteiger partial charge in [0.1, 0.15) is 0 Å². The summed E-state index contributed by atoms with van der Waals surface area (Å²) < 4.78 is 11.5. The van der Waals surface area contributed by atoms with E-state index in [9.17, 15) is 14.7 Å². The van der Waals surface area contributed by atoms with Crippen LogP contribution in [0.5, 0.6) is 0 Å². The van der Waals surface area contributed by atoms with Crippen LogP contribution in [0.4, 0.5) is 17.1 Å². The Balaban J connectivity index is 1.47. The number of carbonyl (C=O) groups is 2. The van der Waals surface area contributed by atoms with Crippen LogP contribution in [-0.4, -0.2) is 66.2 Å². The third-order valence-electron chi connectivity index (χ3n) is 10.1. The Morgan fingerprint density at radius 3 is 1.91 bits per heavy atom. The van der Waals surface area contributed by atoms with Crippen LogP contribution < -0.4 is 26.6 Å². The smallest absolute Gasteiger partial charge is 0.338 e. The van der Waals surface area contributed by atoms with Crippen LogP contribution in [0.2, 0.25) is 0 Å². The fourth-order valence-electron chi connectivity index (χ4n) is 6.37. The summed E-state index contributed by atoms with van der Waals surface area (Å²) in [5.41, 5.74) is 3.74. The van der Waals surface area contributed by atoms with Crippen LogP contribution in [-0.2, 0) is 9.47 Å². The molecule has 1 aliphatic heterocycles. The van der Waals surface area contributed by atoms with Crippen LogP contribution in [0, 0.1) is 11.8 Å². The van der Waals surface area contributed by atoms with Gasteiger partial charge in [-0.2, -0.15) is 0 Å². The van der Waals surface area contributed by atoms with Crippen molar-refractivity contribution in [2.45, 2.75) is 124 Å². The molecule has 1 aliphatic rings. The van der Waals surface area contributed by atoms with Gasteiger partial charge in [0.15, 0.2) is 18.9 Å². The number of benzene rings is 3. The fraction of sp³-hybridized carbons (Fsp3) is 0.533. The highest BCUT2D eigenvalue weighted by atomic mass is 16.6. The standard InChI is InChI=1S/C45H67N7O5/c1-9-13-15-31(11-3)29-56-40(54)34-19-25-36(26-20-34)46-42-49-43(47-37-23-17-33(18-24-37)39(53)51-45(5,6)7)52(8)44(50-42)48-38-27-21-35(22-28-38)41(55)57-30-32(12-4)16-14-10-2/h17-28,31-32,40,42,44,46,48,50,54H,9-16,29-30H2,1-8H3,(H,47,49)(H,51,53). The molecule has 3 aromatic rings. The Labute approximate surface area is 340 Å². The first kappa shape index (κ1) is 45.1. The molecule has 4 rings (SSSR count). The lowest BCUT2D eigenvalue weighted by molar-refractivity contribution is -0.114. The van der Waals surface area contributed by atoms with Gasteiger partial charge in [-0.25, -0.2) is 15.1 Å². The number of carbonyl (C=O) groups excluding carboxylic acids is 2. The molecule has 1 heterocycles. The first-order chi connectivity index (χ1) is 27.3. The SMILES string of the molecule is CCCCC(CC)COC(=O)c1ccc(NC2NC(Nc3ccc(C(O)OCC(CC)CCCC)cc3)N=C(Nc3ccc(C(=O)NC(C)(C)C)cc3)N2C)cc1. The number of nitrogens with one attached hydrogen (secondary N) is 5. The molecule has 5 unspecified atom stereocenters. The number of aliphatic hydroxyl groups is 1. The quantitative estimate of drug-likeness (QED) is 0.0457. The maximum absolute atomic E-state index is 12.9. The van der Waals surface area contributed by atoms with Crippen molar-refractivity contribution in [3.05, 3.63) is 89.5 Å². The van der Waals surface area contributed by atoms with Crippen LogP contribution in [0.1, 0.15) is 132 Å². The molecule has 0 aliphatic carbocycles. The first-order valence-electron chi connectivity index (χ1n) is 20.8. The highest BCUT2D eigenvalue weighted by Gasteiger charge is 2.28. The van der Waals surface area contributed by atoms with Gasteiger partial charge in [-0.05, 0) is 106 Å². The van der Waals surface area contributed by atoms with Crippen molar-refractivity contribution < 1.29 is 24.2 Å². The second kappa shape index (κ2) is 22.3. The van der Waals surface area contributed by atoms with Gasteiger partial charge in [-0.15, -0.1) is 0 Å². The molecule has 0 saturated carbocycles. The molecule has 0 bridgehead atoms. The second-order valence-corrected chi connectivity index (χ2v) is 16.0. The number of unbranched alkanes of at least 4 members (excludes halogenated alkanes) is 2. The summed E-state index contributed by atoms with van der Waals surface area (Å²) in [6, 6.07) is 22.0. The average molecular weight is 786 g/mol. The topological polar surface area (TPSA) is 149 Å². The number of amides is 1. The number of hydrogen-bond donors (Lipinski definition) is 6. The lowest BCUT2D eigenvalue weighted by Crippen LogP contribution is -2.61. The molecule has 0 saturated heterocycles. The third kappa shape index (κ3) is 14.7. The summed E-state index contributed by atoms with van der Waals surface area (Å²) in [4.78, 5) is 32.5. The minimum atomic E-state index is -1.00. The average Bonchev–Trinajstić information content (AvgIpc) is 3.19. The monoisotopic (exact) mass is 786 g/mol. The number of esters is 1. The molecular formula is C45H67N7O5. The van der Waals surface area contributed by atoms with E-state index in [1.54, 1.807) is 24.3 Å². The molecule has 3 aromatic carbocycles. The highest BCUT2D eigenvalue weighted by molar-refractivity contribution is 5.97. The summed E-state index contributed by atoms with van der Waals surface area (Å²) in [7, 11) is 1.91. The normalized spacial score (nSPS) is 17.2. The summed E-state index contributed by atoms with van der Waals surface area (Å²) in [6.07, 6.45) is 6.71. The number of aliphatic hydroxyl groups excluding tert-OH is 1. The summed E-state index contributed by atoms with van der Waals surface area (Å²) in [6.45, 7) is 15.5. The third-order valence-corrected chi connectivity index (χ3v) is 10.1. The predicted octanol–water partition coefficient (Wildman–Crippen LogP) is 8.91. The van der Waals surface area contributed by atoms with E-state index in [-0.39, 0.29) is 17.4 Å². The largest absolute Gasteiger partial charge is 0.462 e. The van der Waals surface area contributed by atoms with Gasteiger partial charge in [0.25, 0.3) is 5.91 Å². The highest BCUT2D eigenvalue weighted by Crippen LogP contribution is 2.23. The molecule has 0 spiro atoms. The van der Waals surface area contributed by atoms with Crippen molar-refractivity contribution in [3.8, 4) is 0 Å². The molecule has 12 nitrogen and oxygen atoms in total. The minimum absolute atomic E-state index is 0.141. The predicted molar refractivity (Wildman–Crippen MR) is 231 cm³/mol. The molecule has 0 aromatic heterocycles. The second-order valence-electron chi connectivity index (χ2n) is 16.0. The lowest BCUT2D eigenvalue weighted by Gasteiger charge is -2.39. The van der Waals surface area contributed by atoms with E-state index in [0.29, 0.717) is 47.7 Å². The maximum Gasteiger partial charge on any atom is 0.338 e. The Morgan fingerprint density at radius 1 is 0.789 bits per heavy atom. The van der Waals surface area contributed by atoms with Gasteiger partial charge in [0.2, 0.25) is 5.96 Å². The Hall–Kier alpha value is -4.65. The number of nitrogens with zero attached hydrogens (tertiary/aromatic N) is 2. The molecular weight excluding hydrogens is 719 g/mol. The van der Waals surface area contributed by atoms with Gasteiger partial charge in [0, 0.05) is 40.8 Å². The number of anilines is 3. The Kier molecular flexibility index (Phi) is 17.7. The van der Waals surface area contributed by atoms with Gasteiger partial charge >= 0.3 is 5.97 Å². The van der Waals surface area contributed by atoms with E-state index in [1.807, 2.05) is 81.2 Å². The molecule has 6 N–H and O–H groups in total. The van der Waals surface area contributed by atoms with Gasteiger partial charge in [0.05, 0.1) is 18.8 Å². The minimum Gasteiger partial charge on any atom is -0.462 e. The molecule has 5 atom stereocenters. The van der Waals surface area contributed by atoms with Gasteiger partial charge in [-0.1, -0.05) is 78.4 Å². The van der Waals surface area contributed by atoms with Crippen molar-refractivity contribution in [2.75, 3.05) is 36.2 Å². The number of aliphatic imine (C=N–C) groups is 1. The van der Waals surface area contributed by atoms with Crippen molar-refractivity contribution >= 4 is 34.9 Å². The van der Waals surface area contributed by atoms with Crippen molar-refractivity contribution in [1.82, 2.24) is 15.5 Å². The van der Waals surface area contributed by atoms with E-state index in [2.05, 4.69) is 54.3 Å². The summed E-state index contributed by atoms with van der Waals surface area (Å²) >= 11 is 0. The maximum atomic E-state index is 12.9. The fourth-order valence-corrected chi connectivity index (χ4v) is 6.37. The van der Waals surface area contributed by atoms with Crippen molar-refractivity contribution in [1.29, 1.82) is 0 Å². The van der Waals surface area contributed by atoms with E-state index in [0.717, 1.165) is 68.4 Å².